The zero-order valence-corrected chi connectivity index (χ0v) is 15.6. The molecule has 7 heteroatoms. The predicted octanol–water partition coefficient (Wildman–Crippen LogP) is 2.16. The molecule has 4 rings (SSSR count). The zero-order valence-electron chi connectivity index (χ0n) is 14.8. The van der Waals surface area contributed by atoms with E-state index in [0.29, 0.717) is 12.0 Å². The van der Waals surface area contributed by atoms with Crippen molar-refractivity contribution in [3.8, 4) is 0 Å². The second-order valence-corrected chi connectivity index (χ2v) is 8.57. The average molecular weight is 347 g/mol. The SMILES string of the molecule is Cc1ncc(CN2CC[C@@H](N(C)Cc3nnc(C4CC4)n3C)C2)s1. The molecule has 0 N–H and O–H groups in total. The second kappa shape index (κ2) is 6.54. The van der Waals surface area contributed by atoms with E-state index in [-0.39, 0.29) is 0 Å². The van der Waals surface area contributed by atoms with Crippen LogP contribution in [0.15, 0.2) is 6.20 Å². The number of hydrogen-bond acceptors (Lipinski definition) is 6. The molecule has 1 aliphatic carbocycles. The Bertz CT molecular complexity index is 704. The minimum Gasteiger partial charge on any atom is -0.317 e. The van der Waals surface area contributed by atoms with Crippen LogP contribution in [-0.4, -0.2) is 55.7 Å². The Hall–Kier alpha value is -1.31. The molecule has 2 aromatic heterocycles. The molecule has 24 heavy (non-hydrogen) atoms. The first-order valence-corrected chi connectivity index (χ1v) is 9.64. The van der Waals surface area contributed by atoms with E-state index in [1.54, 1.807) is 0 Å². The van der Waals surface area contributed by atoms with Crippen LogP contribution in [0.25, 0.3) is 0 Å². The fraction of sp³-hybridized carbons (Fsp3) is 0.706. The van der Waals surface area contributed by atoms with E-state index in [0.717, 1.165) is 37.0 Å². The van der Waals surface area contributed by atoms with E-state index in [1.807, 2.05) is 17.5 Å². The van der Waals surface area contributed by atoms with E-state index in [1.165, 1.54) is 30.0 Å². The van der Waals surface area contributed by atoms with Gasteiger partial charge in [0.2, 0.25) is 0 Å². The number of thiazole rings is 1. The quantitative estimate of drug-likeness (QED) is 0.802. The molecule has 2 aliphatic rings. The lowest BCUT2D eigenvalue weighted by Crippen LogP contribution is -2.34. The zero-order chi connectivity index (χ0) is 16.7. The molecule has 0 bridgehead atoms. The van der Waals surface area contributed by atoms with Crippen molar-refractivity contribution < 1.29 is 0 Å². The first kappa shape index (κ1) is 16.2. The van der Waals surface area contributed by atoms with E-state index < -0.39 is 0 Å². The second-order valence-electron chi connectivity index (χ2n) is 7.25. The van der Waals surface area contributed by atoms with Gasteiger partial charge in [-0.3, -0.25) is 9.80 Å². The van der Waals surface area contributed by atoms with Crippen LogP contribution in [0.4, 0.5) is 0 Å². The maximum absolute atomic E-state index is 4.43. The third-order valence-corrected chi connectivity index (χ3v) is 6.15. The molecule has 0 unspecified atom stereocenters. The summed E-state index contributed by atoms with van der Waals surface area (Å²) in [6, 6.07) is 0.597. The number of hydrogen-bond donors (Lipinski definition) is 0. The Balaban J connectivity index is 1.33. The molecule has 0 amide bonds. The number of likely N-dealkylation sites (tertiary alicyclic amines) is 1. The first-order chi connectivity index (χ1) is 11.6. The highest BCUT2D eigenvalue weighted by atomic mass is 32.1. The van der Waals surface area contributed by atoms with Crippen LogP contribution in [-0.2, 0) is 20.1 Å². The Morgan fingerprint density at radius 3 is 2.83 bits per heavy atom. The van der Waals surface area contributed by atoms with Crippen molar-refractivity contribution in [1.82, 2.24) is 29.5 Å². The molecule has 2 aromatic rings. The molecule has 6 nitrogen and oxygen atoms in total. The molecule has 1 aliphatic heterocycles. The van der Waals surface area contributed by atoms with E-state index in [9.17, 15) is 0 Å². The predicted molar refractivity (Wildman–Crippen MR) is 95.0 cm³/mol. The maximum Gasteiger partial charge on any atom is 0.146 e. The van der Waals surface area contributed by atoms with Crippen LogP contribution in [0.3, 0.4) is 0 Å². The van der Waals surface area contributed by atoms with Gasteiger partial charge in [0.25, 0.3) is 0 Å². The number of nitrogens with zero attached hydrogens (tertiary/aromatic N) is 6. The fourth-order valence-corrected chi connectivity index (χ4v) is 4.41. The summed E-state index contributed by atoms with van der Waals surface area (Å²) >= 11 is 1.81. The molecule has 1 saturated carbocycles. The fourth-order valence-electron chi connectivity index (χ4n) is 3.58. The molecule has 1 atom stereocenters. The van der Waals surface area contributed by atoms with Crippen LogP contribution >= 0.6 is 11.3 Å². The number of aromatic nitrogens is 4. The van der Waals surface area contributed by atoms with Crippen molar-refractivity contribution in [2.24, 2.45) is 7.05 Å². The summed E-state index contributed by atoms with van der Waals surface area (Å²) in [4.78, 5) is 10.7. The summed E-state index contributed by atoms with van der Waals surface area (Å²) in [7, 11) is 4.33. The van der Waals surface area contributed by atoms with Crippen molar-refractivity contribution in [3.63, 3.8) is 0 Å². The maximum atomic E-state index is 4.43. The molecule has 0 spiro atoms. The first-order valence-electron chi connectivity index (χ1n) is 8.82. The molecule has 0 aromatic carbocycles. The van der Waals surface area contributed by atoms with Crippen molar-refractivity contribution in [2.45, 2.75) is 51.2 Å². The van der Waals surface area contributed by atoms with Gasteiger partial charge in [0.05, 0.1) is 11.6 Å². The van der Waals surface area contributed by atoms with Gasteiger partial charge < -0.3 is 4.57 Å². The van der Waals surface area contributed by atoms with Crippen molar-refractivity contribution in [2.75, 3.05) is 20.1 Å². The molecule has 130 valence electrons. The van der Waals surface area contributed by atoms with Gasteiger partial charge in [0, 0.05) is 49.7 Å². The third kappa shape index (κ3) is 3.38. The standard InChI is InChI=1S/C17H26N6S/c1-12-18-8-15(24-12)10-23-7-6-14(9-23)21(2)11-16-19-20-17(22(16)3)13-4-5-13/h8,13-14H,4-7,9-11H2,1-3H3/t14-/m1/s1. The topological polar surface area (TPSA) is 50.1 Å². The van der Waals surface area contributed by atoms with Gasteiger partial charge in [-0.05, 0) is 33.2 Å². The molecular weight excluding hydrogens is 320 g/mol. The molecular formula is C17H26N6S. The molecule has 1 saturated heterocycles. The lowest BCUT2D eigenvalue weighted by Gasteiger charge is -2.24. The number of aryl methyl sites for hydroxylation is 1. The van der Waals surface area contributed by atoms with Crippen LogP contribution < -0.4 is 0 Å². The van der Waals surface area contributed by atoms with E-state index in [4.69, 9.17) is 0 Å². The van der Waals surface area contributed by atoms with Crippen LogP contribution in [0.5, 0.6) is 0 Å². The highest BCUT2D eigenvalue weighted by Gasteiger charge is 2.30. The van der Waals surface area contributed by atoms with Crippen LogP contribution in [0.1, 0.15) is 46.7 Å². The normalized spacial score (nSPS) is 21.9. The van der Waals surface area contributed by atoms with Gasteiger partial charge in [-0.15, -0.1) is 21.5 Å². The summed E-state index contributed by atoms with van der Waals surface area (Å²) in [5.41, 5.74) is 0. The summed E-state index contributed by atoms with van der Waals surface area (Å²) < 4.78 is 2.21. The largest absolute Gasteiger partial charge is 0.317 e. The van der Waals surface area contributed by atoms with Crippen LogP contribution in [0, 0.1) is 6.92 Å². The molecule has 3 heterocycles. The highest BCUT2D eigenvalue weighted by molar-refractivity contribution is 7.11. The van der Waals surface area contributed by atoms with Gasteiger partial charge in [0.1, 0.15) is 11.6 Å². The number of likely N-dealkylation sites (N-methyl/N-ethyl adjacent to an activating group) is 1. The van der Waals surface area contributed by atoms with Gasteiger partial charge in [0.15, 0.2) is 0 Å². The summed E-state index contributed by atoms with van der Waals surface area (Å²) in [6.45, 7) is 6.28. The Morgan fingerprint density at radius 1 is 1.29 bits per heavy atom. The summed E-state index contributed by atoms with van der Waals surface area (Å²) in [6.07, 6.45) is 5.80. The minimum absolute atomic E-state index is 0.597. The van der Waals surface area contributed by atoms with E-state index in [2.05, 4.69) is 50.6 Å². The van der Waals surface area contributed by atoms with Gasteiger partial charge >= 0.3 is 0 Å². The van der Waals surface area contributed by atoms with Crippen molar-refractivity contribution in [1.29, 1.82) is 0 Å². The molecule has 2 fully saturated rings. The highest BCUT2D eigenvalue weighted by Crippen LogP contribution is 2.38. The van der Waals surface area contributed by atoms with Gasteiger partial charge in [-0.1, -0.05) is 0 Å². The summed E-state index contributed by atoms with van der Waals surface area (Å²) in [5.74, 6) is 2.93. The number of rotatable bonds is 6. The summed E-state index contributed by atoms with van der Waals surface area (Å²) in [5, 5.41) is 9.99. The smallest absolute Gasteiger partial charge is 0.146 e. The monoisotopic (exact) mass is 346 g/mol. The molecule has 0 radical (unpaired) electrons. The minimum atomic E-state index is 0.597. The van der Waals surface area contributed by atoms with E-state index >= 15 is 0 Å². The Kier molecular flexibility index (Phi) is 4.40. The Labute approximate surface area is 147 Å². The average Bonchev–Trinajstić information content (AvgIpc) is 2.96. The Morgan fingerprint density at radius 2 is 2.12 bits per heavy atom. The van der Waals surface area contributed by atoms with Crippen molar-refractivity contribution >= 4 is 11.3 Å². The van der Waals surface area contributed by atoms with Crippen molar-refractivity contribution in [3.05, 3.63) is 27.7 Å². The van der Waals surface area contributed by atoms with Crippen LogP contribution in [0.2, 0.25) is 0 Å². The lowest BCUT2D eigenvalue weighted by molar-refractivity contribution is 0.217. The third-order valence-electron chi connectivity index (χ3n) is 5.25. The van der Waals surface area contributed by atoms with Gasteiger partial charge in [-0.25, -0.2) is 4.98 Å². The lowest BCUT2D eigenvalue weighted by atomic mass is 10.2. The van der Waals surface area contributed by atoms with Gasteiger partial charge in [-0.2, -0.15) is 0 Å².